The molecule has 0 bridgehead atoms. The second-order valence-corrected chi connectivity index (χ2v) is 4.33. The highest BCUT2D eigenvalue weighted by molar-refractivity contribution is 5.49. The second-order valence-electron chi connectivity index (χ2n) is 4.33. The third kappa shape index (κ3) is 0.678. The van der Waals surface area contributed by atoms with E-state index in [2.05, 4.69) is 6.92 Å². The van der Waals surface area contributed by atoms with Gasteiger partial charge in [-0.25, -0.2) is 0 Å². The van der Waals surface area contributed by atoms with Gasteiger partial charge in [-0.3, -0.25) is 4.79 Å². The van der Waals surface area contributed by atoms with Crippen LogP contribution < -0.4 is 5.73 Å². The molecule has 12 heavy (non-hydrogen) atoms. The summed E-state index contributed by atoms with van der Waals surface area (Å²) in [5, 5.41) is 0. The Kier molecular flexibility index (Phi) is 1.49. The van der Waals surface area contributed by atoms with E-state index in [1.165, 1.54) is 6.42 Å². The average Bonchev–Trinajstić information content (AvgIpc) is 2.02. The largest absolute Gasteiger partial charge is 0.343 e. The molecule has 3 nitrogen and oxygen atoms in total. The number of nitrogens with two attached hydrogens (primary N) is 1. The van der Waals surface area contributed by atoms with Gasteiger partial charge in [0.05, 0.1) is 6.04 Å². The van der Waals surface area contributed by atoms with Crippen LogP contribution in [0.2, 0.25) is 0 Å². The zero-order valence-electron chi connectivity index (χ0n) is 7.66. The minimum Gasteiger partial charge on any atom is -0.343 e. The Balaban J connectivity index is 2.11. The maximum absolute atomic E-state index is 10.6. The summed E-state index contributed by atoms with van der Waals surface area (Å²) in [6.07, 6.45) is 3.23. The molecule has 0 aromatic rings. The number of nitrogens with zero attached hydrogens (tertiary/aromatic N) is 1. The normalized spacial score (nSPS) is 50.1. The number of rotatable bonds is 2. The molecule has 0 unspecified atom stereocenters. The molecule has 0 spiro atoms. The van der Waals surface area contributed by atoms with Gasteiger partial charge in [-0.15, -0.1) is 0 Å². The SMILES string of the molecule is C[C@H]1[C@H]2CC[C@]2(N)[C@H]1N(C)C=O. The number of carbonyl (C=O) groups excluding carboxylic acids is 1. The molecule has 4 atom stereocenters. The van der Waals surface area contributed by atoms with Crippen molar-refractivity contribution >= 4 is 6.41 Å². The van der Waals surface area contributed by atoms with E-state index in [1.54, 1.807) is 4.90 Å². The molecule has 0 aliphatic heterocycles. The fourth-order valence-corrected chi connectivity index (χ4v) is 3.17. The fourth-order valence-electron chi connectivity index (χ4n) is 3.17. The molecular formula is C9H16N2O. The average molecular weight is 168 g/mol. The van der Waals surface area contributed by atoms with Crippen molar-refractivity contribution in [1.29, 1.82) is 0 Å². The van der Waals surface area contributed by atoms with Crippen LogP contribution in [0.25, 0.3) is 0 Å². The number of fused-ring (bicyclic) bond motifs is 1. The lowest BCUT2D eigenvalue weighted by atomic mass is 9.45. The Morgan fingerprint density at radius 2 is 2.33 bits per heavy atom. The van der Waals surface area contributed by atoms with E-state index in [0.717, 1.165) is 12.8 Å². The highest BCUT2D eigenvalue weighted by Crippen LogP contribution is 2.57. The number of likely N-dealkylation sites (N-methyl/N-ethyl adjacent to an activating group) is 1. The highest BCUT2D eigenvalue weighted by atomic mass is 16.1. The Bertz CT molecular complexity index is 219. The van der Waals surface area contributed by atoms with Crippen LogP contribution in [-0.4, -0.2) is 29.9 Å². The highest BCUT2D eigenvalue weighted by Gasteiger charge is 2.64. The van der Waals surface area contributed by atoms with Gasteiger partial charge in [-0.05, 0) is 24.7 Å². The van der Waals surface area contributed by atoms with Gasteiger partial charge in [0.25, 0.3) is 0 Å². The summed E-state index contributed by atoms with van der Waals surface area (Å²) >= 11 is 0. The van der Waals surface area contributed by atoms with Crippen molar-refractivity contribution in [3.63, 3.8) is 0 Å². The summed E-state index contributed by atoms with van der Waals surface area (Å²) in [7, 11) is 1.83. The molecule has 0 aromatic heterocycles. The lowest BCUT2D eigenvalue weighted by Gasteiger charge is -2.67. The summed E-state index contributed by atoms with van der Waals surface area (Å²) in [6, 6.07) is 0.286. The number of hydrogen-bond donors (Lipinski definition) is 1. The van der Waals surface area contributed by atoms with Crippen LogP contribution in [0.3, 0.4) is 0 Å². The van der Waals surface area contributed by atoms with E-state index < -0.39 is 0 Å². The van der Waals surface area contributed by atoms with Crippen LogP contribution >= 0.6 is 0 Å². The van der Waals surface area contributed by atoms with E-state index in [4.69, 9.17) is 5.73 Å². The summed E-state index contributed by atoms with van der Waals surface area (Å²) in [4.78, 5) is 12.3. The molecular weight excluding hydrogens is 152 g/mol. The molecule has 0 radical (unpaired) electrons. The van der Waals surface area contributed by atoms with E-state index in [9.17, 15) is 4.79 Å². The summed E-state index contributed by atoms with van der Waals surface area (Å²) < 4.78 is 0. The van der Waals surface area contributed by atoms with Crippen molar-refractivity contribution in [3.05, 3.63) is 0 Å². The van der Waals surface area contributed by atoms with Crippen LogP contribution in [-0.2, 0) is 4.79 Å². The van der Waals surface area contributed by atoms with Crippen LogP contribution in [0.4, 0.5) is 0 Å². The van der Waals surface area contributed by atoms with E-state index >= 15 is 0 Å². The van der Waals surface area contributed by atoms with Gasteiger partial charge in [-0.1, -0.05) is 6.92 Å². The molecule has 2 fully saturated rings. The van der Waals surface area contributed by atoms with Crippen LogP contribution in [0.5, 0.6) is 0 Å². The predicted octanol–water partition coefficient (Wildman–Crippen LogP) is 0.200. The first-order chi connectivity index (χ1) is 5.61. The fraction of sp³-hybridized carbons (Fsp3) is 0.889. The first-order valence-electron chi connectivity index (χ1n) is 4.57. The molecule has 2 rings (SSSR count). The zero-order chi connectivity index (χ0) is 8.93. The van der Waals surface area contributed by atoms with E-state index in [0.29, 0.717) is 11.8 Å². The van der Waals surface area contributed by atoms with Gasteiger partial charge in [-0.2, -0.15) is 0 Å². The molecule has 0 heterocycles. The van der Waals surface area contributed by atoms with Crippen molar-refractivity contribution < 1.29 is 4.79 Å². The Morgan fingerprint density at radius 1 is 1.67 bits per heavy atom. The monoisotopic (exact) mass is 168 g/mol. The summed E-state index contributed by atoms with van der Waals surface area (Å²) in [5.41, 5.74) is 6.13. The predicted molar refractivity (Wildman–Crippen MR) is 46.4 cm³/mol. The van der Waals surface area contributed by atoms with Crippen LogP contribution in [0, 0.1) is 11.8 Å². The lowest BCUT2D eigenvalue weighted by Crippen LogP contribution is -2.80. The number of amides is 1. The first kappa shape index (κ1) is 8.05. The van der Waals surface area contributed by atoms with Gasteiger partial charge in [0, 0.05) is 12.6 Å². The number of hydrogen-bond acceptors (Lipinski definition) is 2. The third-order valence-electron chi connectivity index (χ3n) is 3.87. The summed E-state index contributed by atoms with van der Waals surface area (Å²) in [6.45, 7) is 2.19. The van der Waals surface area contributed by atoms with E-state index in [-0.39, 0.29) is 11.6 Å². The van der Waals surface area contributed by atoms with Crippen LogP contribution in [0.15, 0.2) is 0 Å². The smallest absolute Gasteiger partial charge is 0.209 e. The Hall–Kier alpha value is -0.570. The molecule has 2 aliphatic rings. The molecule has 0 saturated heterocycles. The molecule has 2 N–H and O–H groups in total. The minimum absolute atomic E-state index is 0.0327. The minimum atomic E-state index is -0.0327. The first-order valence-corrected chi connectivity index (χ1v) is 4.57. The molecule has 1 amide bonds. The third-order valence-corrected chi connectivity index (χ3v) is 3.87. The van der Waals surface area contributed by atoms with Crippen molar-refractivity contribution in [1.82, 2.24) is 4.90 Å². The van der Waals surface area contributed by atoms with Crippen LogP contribution in [0.1, 0.15) is 19.8 Å². The molecule has 68 valence electrons. The number of carbonyl (C=O) groups is 1. The molecule has 2 aliphatic carbocycles. The van der Waals surface area contributed by atoms with Gasteiger partial charge in [0.2, 0.25) is 6.41 Å². The molecule has 0 aromatic carbocycles. The maximum Gasteiger partial charge on any atom is 0.209 e. The second kappa shape index (κ2) is 2.22. The molecule has 2 saturated carbocycles. The van der Waals surface area contributed by atoms with Gasteiger partial charge in [0.1, 0.15) is 0 Å². The quantitative estimate of drug-likeness (QED) is 0.599. The van der Waals surface area contributed by atoms with Crippen molar-refractivity contribution in [2.75, 3.05) is 7.05 Å². The standard InChI is InChI=1S/C9H16N2O/c1-6-7-3-4-9(7,10)8(6)11(2)5-12/h5-8H,3-4,10H2,1-2H3/t6-,7+,8-,9+/m0/s1. The lowest BCUT2D eigenvalue weighted by molar-refractivity contribution is -0.150. The van der Waals surface area contributed by atoms with Crippen molar-refractivity contribution in [2.24, 2.45) is 17.6 Å². The maximum atomic E-state index is 10.6. The Labute approximate surface area is 72.9 Å². The zero-order valence-corrected chi connectivity index (χ0v) is 7.66. The van der Waals surface area contributed by atoms with Gasteiger partial charge < -0.3 is 10.6 Å². The van der Waals surface area contributed by atoms with Crippen molar-refractivity contribution in [2.45, 2.75) is 31.3 Å². The Morgan fingerprint density at radius 3 is 2.67 bits per heavy atom. The van der Waals surface area contributed by atoms with E-state index in [1.807, 2.05) is 7.05 Å². The molecule has 3 heteroatoms. The summed E-state index contributed by atoms with van der Waals surface area (Å²) in [5.74, 6) is 1.27. The van der Waals surface area contributed by atoms with Gasteiger partial charge >= 0.3 is 0 Å². The topological polar surface area (TPSA) is 46.3 Å². The van der Waals surface area contributed by atoms with Gasteiger partial charge in [0.15, 0.2) is 0 Å². The van der Waals surface area contributed by atoms with Crippen molar-refractivity contribution in [3.8, 4) is 0 Å².